The molecular weight excluding hydrogens is 374 g/mol. The molecule has 1 N–H and O–H groups in total. The lowest BCUT2D eigenvalue weighted by molar-refractivity contribution is 0.102. The predicted molar refractivity (Wildman–Crippen MR) is 108 cm³/mol. The molecule has 28 heavy (non-hydrogen) atoms. The van der Waals surface area contributed by atoms with Crippen LogP contribution in [0.25, 0.3) is 11.0 Å². The van der Waals surface area contributed by atoms with Crippen LogP contribution in [-0.2, 0) is 6.42 Å². The predicted octanol–water partition coefficient (Wildman–Crippen LogP) is 3.64. The van der Waals surface area contributed by atoms with Crippen LogP contribution in [0.15, 0.2) is 48.8 Å². The molecule has 0 spiro atoms. The van der Waals surface area contributed by atoms with Crippen molar-refractivity contribution in [1.82, 2.24) is 19.3 Å². The fraction of sp³-hybridized carbons (Fsp3) is 0.150. The van der Waals surface area contributed by atoms with E-state index in [0.717, 1.165) is 21.6 Å². The Balaban J connectivity index is 1.58. The zero-order valence-electron chi connectivity index (χ0n) is 15.3. The van der Waals surface area contributed by atoms with Crippen LogP contribution in [0, 0.1) is 6.92 Å². The molecule has 0 radical (unpaired) electrons. The largest absolute Gasteiger partial charge is 0.481 e. The maximum absolute atomic E-state index is 12.8. The fourth-order valence-corrected chi connectivity index (χ4v) is 3.72. The van der Waals surface area contributed by atoms with Gasteiger partial charge in [-0.3, -0.25) is 9.78 Å². The average molecular weight is 391 g/mol. The van der Waals surface area contributed by atoms with E-state index in [2.05, 4.69) is 24.6 Å². The van der Waals surface area contributed by atoms with Gasteiger partial charge >= 0.3 is 0 Å². The number of carbonyl (C=O) groups excluding carboxylic acids is 1. The summed E-state index contributed by atoms with van der Waals surface area (Å²) >= 11 is 1.31. The van der Waals surface area contributed by atoms with Crippen molar-refractivity contribution in [2.45, 2.75) is 13.3 Å². The molecule has 0 aliphatic carbocycles. The second-order valence-corrected chi connectivity index (χ2v) is 6.99. The van der Waals surface area contributed by atoms with E-state index in [-0.39, 0.29) is 5.91 Å². The lowest BCUT2D eigenvalue weighted by atomic mass is 10.1. The summed E-state index contributed by atoms with van der Waals surface area (Å²) in [6.45, 7) is 1.83. The molecule has 140 valence electrons. The number of hydrogen-bond donors (Lipinski definition) is 1. The lowest BCUT2D eigenvalue weighted by Gasteiger charge is -2.07. The van der Waals surface area contributed by atoms with E-state index in [1.54, 1.807) is 31.6 Å². The number of carbonyl (C=O) groups is 1. The average Bonchev–Trinajstić information content (AvgIpc) is 3.08. The highest BCUT2D eigenvalue weighted by atomic mass is 32.1. The second kappa shape index (κ2) is 7.69. The third kappa shape index (κ3) is 3.67. The van der Waals surface area contributed by atoms with Crippen LogP contribution in [-0.4, -0.2) is 32.3 Å². The van der Waals surface area contributed by atoms with Crippen LogP contribution in [0.1, 0.15) is 26.6 Å². The maximum Gasteiger partial charge on any atom is 0.258 e. The number of benzene rings is 1. The number of aromatic nitrogens is 4. The molecule has 0 atom stereocenters. The Morgan fingerprint density at radius 2 is 1.93 bits per heavy atom. The number of rotatable bonds is 5. The number of nitrogens with one attached hydrogen (secondary N) is 1. The molecule has 3 aromatic heterocycles. The Morgan fingerprint density at radius 3 is 2.68 bits per heavy atom. The second-order valence-electron chi connectivity index (χ2n) is 6.14. The number of para-hydroxylation sites is 2. The van der Waals surface area contributed by atoms with Gasteiger partial charge in [-0.05, 0) is 36.7 Å². The Hall–Kier alpha value is -3.39. The molecule has 1 amide bonds. The number of nitrogens with zero attached hydrogens (tertiary/aromatic N) is 4. The van der Waals surface area contributed by atoms with E-state index in [9.17, 15) is 4.79 Å². The molecule has 0 unspecified atom stereocenters. The molecule has 1 aromatic carbocycles. The Bertz CT molecular complexity index is 1140. The number of anilines is 1. The van der Waals surface area contributed by atoms with Crippen molar-refractivity contribution in [3.05, 3.63) is 70.6 Å². The number of fused-ring (bicyclic) bond motifs is 1. The van der Waals surface area contributed by atoms with E-state index in [1.165, 1.54) is 11.5 Å². The molecule has 0 fully saturated rings. The zero-order valence-corrected chi connectivity index (χ0v) is 16.2. The summed E-state index contributed by atoms with van der Waals surface area (Å²) in [5.41, 5.74) is 4.31. The maximum atomic E-state index is 12.8. The quantitative estimate of drug-likeness (QED) is 0.559. The number of hydrogen-bond acceptors (Lipinski definition) is 7. The topological polar surface area (TPSA) is 89.9 Å². The summed E-state index contributed by atoms with van der Waals surface area (Å²) in [4.78, 5) is 26.9. The SMILES string of the molecule is COc1ccc(NC(=O)c2c(C)nsc2Cc2cnc3ccccc3n2)cn1. The van der Waals surface area contributed by atoms with E-state index in [0.29, 0.717) is 29.2 Å². The first-order chi connectivity index (χ1) is 13.6. The molecule has 0 saturated heterocycles. The van der Waals surface area contributed by atoms with Crippen LogP contribution in [0.5, 0.6) is 5.88 Å². The number of methoxy groups -OCH3 is 1. The summed E-state index contributed by atoms with van der Waals surface area (Å²) in [6.07, 6.45) is 3.79. The van der Waals surface area contributed by atoms with Crippen LogP contribution in [0.3, 0.4) is 0 Å². The van der Waals surface area contributed by atoms with Gasteiger partial charge in [0.05, 0.1) is 47.0 Å². The molecule has 7 nitrogen and oxygen atoms in total. The minimum Gasteiger partial charge on any atom is -0.481 e. The molecule has 4 rings (SSSR count). The van der Waals surface area contributed by atoms with Gasteiger partial charge in [0, 0.05) is 23.6 Å². The zero-order chi connectivity index (χ0) is 19.5. The smallest absolute Gasteiger partial charge is 0.258 e. The monoisotopic (exact) mass is 391 g/mol. The number of pyridine rings is 1. The van der Waals surface area contributed by atoms with Crippen LogP contribution in [0.4, 0.5) is 5.69 Å². The Morgan fingerprint density at radius 1 is 1.11 bits per heavy atom. The number of amides is 1. The lowest BCUT2D eigenvalue weighted by Crippen LogP contribution is -2.14. The van der Waals surface area contributed by atoms with Crippen molar-refractivity contribution >= 4 is 34.2 Å². The molecule has 0 aliphatic heterocycles. The third-order valence-corrected chi connectivity index (χ3v) is 5.14. The molecule has 3 heterocycles. The van der Waals surface area contributed by atoms with Crippen molar-refractivity contribution in [3.63, 3.8) is 0 Å². The van der Waals surface area contributed by atoms with E-state index in [1.807, 2.05) is 31.2 Å². The van der Waals surface area contributed by atoms with Gasteiger partial charge in [0.2, 0.25) is 5.88 Å². The van der Waals surface area contributed by atoms with E-state index in [4.69, 9.17) is 4.74 Å². The highest BCUT2D eigenvalue weighted by Crippen LogP contribution is 2.23. The van der Waals surface area contributed by atoms with Crippen LogP contribution >= 0.6 is 11.5 Å². The summed E-state index contributed by atoms with van der Waals surface area (Å²) in [5, 5.41) is 2.87. The molecule has 0 saturated carbocycles. The molecule has 4 aromatic rings. The van der Waals surface area contributed by atoms with Gasteiger partial charge in [-0.25, -0.2) is 9.97 Å². The minimum atomic E-state index is -0.220. The summed E-state index contributed by atoms with van der Waals surface area (Å²) in [7, 11) is 1.54. The minimum absolute atomic E-state index is 0.220. The van der Waals surface area contributed by atoms with Gasteiger partial charge in [0.25, 0.3) is 5.91 Å². The summed E-state index contributed by atoms with van der Waals surface area (Å²) in [6, 6.07) is 11.1. The first-order valence-corrected chi connectivity index (χ1v) is 9.38. The third-order valence-electron chi connectivity index (χ3n) is 4.20. The van der Waals surface area contributed by atoms with E-state index < -0.39 is 0 Å². The fourth-order valence-electron chi connectivity index (χ4n) is 2.84. The van der Waals surface area contributed by atoms with Gasteiger partial charge in [0.1, 0.15) is 0 Å². The van der Waals surface area contributed by atoms with Crippen molar-refractivity contribution in [3.8, 4) is 5.88 Å². The van der Waals surface area contributed by atoms with Crippen molar-refractivity contribution in [2.24, 2.45) is 0 Å². The molecule has 8 heteroatoms. The molecule has 0 bridgehead atoms. The van der Waals surface area contributed by atoms with Crippen molar-refractivity contribution < 1.29 is 9.53 Å². The number of aryl methyl sites for hydroxylation is 1. The Kier molecular flexibility index (Phi) is 4.94. The van der Waals surface area contributed by atoms with Crippen molar-refractivity contribution in [1.29, 1.82) is 0 Å². The van der Waals surface area contributed by atoms with E-state index >= 15 is 0 Å². The van der Waals surface area contributed by atoms with Gasteiger partial charge in [-0.15, -0.1) is 0 Å². The van der Waals surface area contributed by atoms with Gasteiger partial charge in [0.15, 0.2) is 0 Å². The van der Waals surface area contributed by atoms with Gasteiger partial charge in [-0.2, -0.15) is 4.37 Å². The molecule has 0 aliphatic rings. The summed E-state index contributed by atoms with van der Waals surface area (Å²) < 4.78 is 9.40. The van der Waals surface area contributed by atoms with Crippen LogP contribution in [0.2, 0.25) is 0 Å². The normalized spacial score (nSPS) is 10.8. The van der Waals surface area contributed by atoms with Gasteiger partial charge in [-0.1, -0.05) is 12.1 Å². The molecular formula is C20H17N5O2S. The standard InChI is InChI=1S/C20H17N5O2S/c1-12-19(20(26)24-13-7-8-18(27-2)22-10-13)17(28-25-12)9-14-11-21-15-5-3-4-6-16(15)23-14/h3-8,10-11H,9H2,1-2H3,(H,24,26). The van der Waals surface area contributed by atoms with Gasteiger partial charge < -0.3 is 10.1 Å². The first kappa shape index (κ1) is 18.0. The Labute approximate surface area is 165 Å². The van der Waals surface area contributed by atoms with Crippen LogP contribution < -0.4 is 10.1 Å². The summed E-state index contributed by atoms with van der Waals surface area (Å²) in [5.74, 6) is 0.268. The first-order valence-electron chi connectivity index (χ1n) is 8.61. The highest BCUT2D eigenvalue weighted by Gasteiger charge is 2.19. The van der Waals surface area contributed by atoms with Crippen molar-refractivity contribution in [2.75, 3.05) is 12.4 Å². The highest BCUT2D eigenvalue weighted by molar-refractivity contribution is 7.06. The number of ether oxygens (including phenoxy) is 1.